The molecule has 0 saturated heterocycles. The first kappa shape index (κ1) is 15.3. The van der Waals surface area contributed by atoms with Gasteiger partial charge in [-0.05, 0) is 30.9 Å². The summed E-state index contributed by atoms with van der Waals surface area (Å²) in [7, 11) is 0. The van der Waals surface area contributed by atoms with Gasteiger partial charge in [0.25, 0.3) is 4.96 Å². The Hall–Kier alpha value is -3.20. The number of rotatable bonds is 4. The first-order chi connectivity index (χ1) is 12.1. The number of fused-ring (bicyclic) bond motifs is 1. The van der Waals surface area contributed by atoms with Crippen LogP contribution in [0.1, 0.15) is 11.4 Å². The van der Waals surface area contributed by atoms with Crippen molar-refractivity contribution in [1.82, 2.24) is 19.2 Å². The van der Waals surface area contributed by atoms with E-state index in [-0.39, 0.29) is 11.6 Å². The molecular weight excluding hydrogens is 340 g/mol. The van der Waals surface area contributed by atoms with Gasteiger partial charge < -0.3 is 15.4 Å². The first-order valence-electron chi connectivity index (χ1n) is 7.55. The van der Waals surface area contributed by atoms with E-state index in [0.29, 0.717) is 4.96 Å². The van der Waals surface area contributed by atoms with Gasteiger partial charge in [-0.15, -0.1) is 0 Å². The highest BCUT2D eigenvalue weighted by molar-refractivity contribution is 7.15. The Morgan fingerprint density at radius 2 is 2.00 bits per heavy atom. The fourth-order valence-electron chi connectivity index (χ4n) is 2.79. The zero-order valence-electron chi connectivity index (χ0n) is 13.5. The van der Waals surface area contributed by atoms with Gasteiger partial charge in [-0.1, -0.05) is 29.5 Å². The standard InChI is InChI=1S/C16H14N6O2S/c1-10-13(11(2)21(19-10)12-6-4-3-5-7-12)17-14-15(22(23)24)20-8-9-25-16(20)18-14/h3-9,17H,1-2H3. The number of hydrogen-bond donors (Lipinski definition) is 1. The van der Waals surface area contributed by atoms with Gasteiger partial charge in [0.2, 0.25) is 5.82 Å². The smallest absolute Gasteiger partial charge is 0.358 e. The predicted molar refractivity (Wildman–Crippen MR) is 96.0 cm³/mol. The average Bonchev–Trinajstić information content (AvgIpc) is 3.24. The van der Waals surface area contributed by atoms with Gasteiger partial charge in [0.15, 0.2) is 0 Å². The molecule has 0 fully saturated rings. The molecule has 0 aliphatic heterocycles. The van der Waals surface area contributed by atoms with Crippen molar-refractivity contribution in [3.8, 4) is 5.69 Å². The molecule has 3 aromatic heterocycles. The molecule has 126 valence electrons. The molecule has 0 atom stereocenters. The summed E-state index contributed by atoms with van der Waals surface area (Å²) < 4.78 is 3.28. The Labute approximate surface area is 146 Å². The molecule has 0 aliphatic carbocycles. The lowest BCUT2D eigenvalue weighted by Crippen LogP contribution is -2.01. The molecule has 25 heavy (non-hydrogen) atoms. The lowest BCUT2D eigenvalue weighted by molar-refractivity contribution is -0.389. The van der Waals surface area contributed by atoms with E-state index < -0.39 is 4.92 Å². The Morgan fingerprint density at radius 1 is 1.24 bits per heavy atom. The molecule has 0 spiro atoms. The van der Waals surface area contributed by atoms with E-state index in [9.17, 15) is 10.1 Å². The lowest BCUT2D eigenvalue weighted by atomic mass is 10.3. The van der Waals surface area contributed by atoms with E-state index in [4.69, 9.17) is 0 Å². The maximum atomic E-state index is 11.5. The number of nitro groups is 1. The van der Waals surface area contributed by atoms with E-state index in [1.54, 1.807) is 11.6 Å². The highest BCUT2D eigenvalue weighted by Gasteiger charge is 2.25. The summed E-state index contributed by atoms with van der Waals surface area (Å²) in [5.41, 5.74) is 3.25. The third-order valence-corrected chi connectivity index (χ3v) is 4.70. The Kier molecular flexibility index (Phi) is 3.50. The van der Waals surface area contributed by atoms with Crippen molar-refractivity contribution < 1.29 is 4.92 Å². The number of imidazole rings is 1. The molecular formula is C16H14N6O2S. The summed E-state index contributed by atoms with van der Waals surface area (Å²) in [4.78, 5) is 16.0. The summed E-state index contributed by atoms with van der Waals surface area (Å²) in [5, 5.41) is 20.9. The van der Waals surface area contributed by atoms with E-state index >= 15 is 0 Å². The highest BCUT2D eigenvalue weighted by Crippen LogP contribution is 2.33. The Morgan fingerprint density at radius 3 is 2.72 bits per heavy atom. The summed E-state index contributed by atoms with van der Waals surface area (Å²) in [5.74, 6) is 0.137. The van der Waals surface area contributed by atoms with Crippen LogP contribution in [0.5, 0.6) is 0 Å². The van der Waals surface area contributed by atoms with Gasteiger partial charge >= 0.3 is 5.82 Å². The fraction of sp³-hybridized carbons (Fsp3) is 0.125. The van der Waals surface area contributed by atoms with E-state index in [1.165, 1.54) is 15.7 Å². The maximum Gasteiger partial charge on any atom is 0.373 e. The number of anilines is 2. The number of para-hydroxylation sites is 1. The second-order valence-electron chi connectivity index (χ2n) is 5.51. The monoisotopic (exact) mass is 354 g/mol. The van der Waals surface area contributed by atoms with Crippen LogP contribution in [-0.4, -0.2) is 24.1 Å². The van der Waals surface area contributed by atoms with Crippen LogP contribution in [0.2, 0.25) is 0 Å². The van der Waals surface area contributed by atoms with Gasteiger partial charge in [-0.3, -0.25) is 0 Å². The lowest BCUT2D eigenvalue weighted by Gasteiger charge is -2.06. The highest BCUT2D eigenvalue weighted by atomic mass is 32.1. The quantitative estimate of drug-likeness (QED) is 0.444. The number of aromatic nitrogens is 4. The Balaban J connectivity index is 1.80. The second kappa shape index (κ2) is 5.71. The minimum Gasteiger partial charge on any atom is -0.358 e. The summed E-state index contributed by atoms with van der Waals surface area (Å²) in [6.45, 7) is 3.78. The van der Waals surface area contributed by atoms with Crippen LogP contribution in [0, 0.1) is 24.0 Å². The topological polar surface area (TPSA) is 90.3 Å². The van der Waals surface area contributed by atoms with Crippen molar-refractivity contribution in [3.05, 3.63) is 63.4 Å². The van der Waals surface area contributed by atoms with Crippen LogP contribution in [0.3, 0.4) is 0 Å². The number of thiazole rings is 1. The normalized spacial score (nSPS) is 11.1. The number of hydrogen-bond acceptors (Lipinski definition) is 6. The number of nitrogens with one attached hydrogen (secondary N) is 1. The van der Waals surface area contributed by atoms with Gasteiger partial charge in [-0.2, -0.15) is 14.5 Å². The molecule has 0 amide bonds. The molecule has 3 heterocycles. The summed E-state index contributed by atoms with van der Waals surface area (Å²) in [6.07, 6.45) is 1.64. The van der Waals surface area contributed by atoms with Gasteiger partial charge in [-0.25, -0.2) is 4.68 Å². The van der Waals surface area contributed by atoms with Crippen molar-refractivity contribution in [2.24, 2.45) is 0 Å². The van der Waals surface area contributed by atoms with Gasteiger partial charge in [0.1, 0.15) is 6.20 Å². The zero-order valence-corrected chi connectivity index (χ0v) is 14.3. The van der Waals surface area contributed by atoms with E-state index in [2.05, 4.69) is 15.4 Å². The van der Waals surface area contributed by atoms with Crippen molar-refractivity contribution in [1.29, 1.82) is 0 Å². The largest absolute Gasteiger partial charge is 0.373 e. The molecule has 0 bridgehead atoms. The minimum absolute atomic E-state index is 0.0810. The van der Waals surface area contributed by atoms with Crippen LogP contribution in [0.25, 0.3) is 10.6 Å². The fourth-order valence-corrected chi connectivity index (χ4v) is 3.50. The molecule has 0 radical (unpaired) electrons. The molecule has 0 saturated carbocycles. The zero-order chi connectivity index (χ0) is 17.6. The molecule has 1 N–H and O–H groups in total. The molecule has 9 heteroatoms. The van der Waals surface area contributed by atoms with Crippen molar-refractivity contribution in [2.45, 2.75) is 13.8 Å². The van der Waals surface area contributed by atoms with Crippen molar-refractivity contribution in [3.63, 3.8) is 0 Å². The maximum absolute atomic E-state index is 11.5. The summed E-state index contributed by atoms with van der Waals surface area (Å²) in [6, 6.07) is 9.73. The second-order valence-corrected chi connectivity index (χ2v) is 6.39. The minimum atomic E-state index is -0.429. The predicted octanol–water partition coefficient (Wildman–Crippen LogP) is 3.85. The SMILES string of the molecule is Cc1nn(-c2ccccc2)c(C)c1Nc1nc2sccn2c1[N+](=O)[O-]. The molecule has 1 aromatic carbocycles. The van der Waals surface area contributed by atoms with Crippen LogP contribution < -0.4 is 5.32 Å². The molecule has 0 aliphatic rings. The van der Waals surface area contributed by atoms with Crippen molar-refractivity contribution >= 4 is 33.6 Å². The van der Waals surface area contributed by atoms with Gasteiger partial charge in [0, 0.05) is 5.38 Å². The van der Waals surface area contributed by atoms with E-state index in [0.717, 1.165) is 22.8 Å². The van der Waals surface area contributed by atoms with Gasteiger partial charge in [0.05, 0.1) is 22.8 Å². The molecule has 4 rings (SSSR count). The van der Waals surface area contributed by atoms with Crippen LogP contribution in [0.15, 0.2) is 41.9 Å². The van der Waals surface area contributed by atoms with Crippen LogP contribution >= 0.6 is 11.3 Å². The first-order valence-corrected chi connectivity index (χ1v) is 8.43. The third kappa shape index (κ3) is 2.45. The van der Waals surface area contributed by atoms with Crippen molar-refractivity contribution in [2.75, 3.05) is 5.32 Å². The van der Waals surface area contributed by atoms with Crippen LogP contribution in [-0.2, 0) is 0 Å². The third-order valence-electron chi connectivity index (χ3n) is 3.95. The molecule has 4 aromatic rings. The molecule has 0 unspecified atom stereocenters. The Bertz CT molecular complexity index is 1080. The number of aryl methyl sites for hydroxylation is 1. The molecule has 8 nitrogen and oxygen atoms in total. The number of nitrogens with zero attached hydrogens (tertiary/aromatic N) is 5. The number of benzene rings is 1. The average molecular weight is 354 g/mol. The summed E-state index contributed by atoms with van der Waals surface area (Å²) >= 11 is 1.35. The van der Waals surface area contributed by atoms with E-state index in [1.807, 2.05) is 48.9 Å². The van der Waals surface area contributed by atoms with Crippen LogP contribution in [0.4, 0.5) is 17.3 Å².